The Morgan fingerprint density at radius 1 is 1.35 bits per heavy atom. The van der Waals surface area contributed by atoms with Gasteiger partial charge in [-0.15, -0.1) is 0 Å². The molecular formula is C16H24N2O2. The first kappa shape index (κ1) is 15.0. The Hall–Kier alpha value is -1.39. The number of carbonyl (C=O) groups is 1. The van der Waals surface area contributed by atoms with Crippen LogP contribution in [0.2, 0.25) is 0 Å². The number of benzene rings is 1. The van der Waals surface area contributed by atoms with E-state index in [1.54, 1.807) is 11.9 Å². The number of carbonyl (C=O) groups excluding carboxylic acids is 1. The average molecular weight is 276 g/mol. The van der Waals surface area contributed by atoms with E-state index in [0.717, 1.165) is 31.4 Å². The predicted octanol–water partition coefficient (Wildman–Crippen LogP) is 1.71. The van der Waals surface area contributed by atoms with Gasteiger partial charge in [0.15, 0.2) is 0 Å². The van der Waals surface area contributed by atoms with Crippen molar-refractivity contribution in [3.63, 3.8) is 0 Å². The average Bonchev–Trinajstić information content (AvgIpc) is 2.53. The highest BCUT2D eigenvalue weighted by Crippen LogP contribution is 2.21. The van der Waals surface area contributed by atoms with Crippen molar-refractivity contribution in [3.8, 4) is 0 Å². The summed E-state index contributed by atoms with van der Waals surface area (Å²) < 4.78 is 0. The van der Waals surface area contributed by atoms with E-state index in [1.807, 2.05) is 37.3 Å². The van der Waals surface area contributed by atoms with Gasteiger partial charge < -0.3 is 15.3 Å². The summed E-state index contributed by atoms with van der Waals surface area (Å²) in [5.41, 5.74) is 0.844. The molecule has 1 amide bonds. The third kappa shape index (κ3) is 3.38. The Morgan fingerprint density at radius 2 is 2.05 bits per heavy atom. The number of aliphatic hydroxyl groups is 1. The second kappa shape index (κ2) is 6.86. The standard InChI is InChI=1S/C16H24N2O2/c1-12(15(19)13-8-4-3-5-9-13)18(2)16(20)14-10-6-7-11-17-14/h3-5,8-9,12,14-15,17,19H,6-7,10-11H2,1-2H3/t12-,14+,15+/m0/s1. The third-order valence-corrected chi connectivity index (χ3v) is 4.16. The molecule has 1 fully saturated rings. The topological polar surface area (TPSA) is 52.6 Å². The van der Waals surface area contributed by atoms with Crippen LogP contribution in [0.1, 0.15) is 37.9 Å². The van der Waals surface area contributed by atoms with Gasteiger partial charge in [0.2, 0.25) is 5.91 Å². The van der Waals surface area contributed by atoms with Gasteiger partial charge in [0.25, 0.3) is 0 Å². The van der Waals surface area contributed by atoms with Crippen LogP contribution in [0.25, 0.3) is 0 Å². The van der Waals surface area contributed by atoms with Crippen LogP contribution in [-0.4, -0.2) is 41.6 Å². The molecule has 0 unspecified atom stereocenters. The van der Waals surface area contributed by atoms with Crippen molar-refractivity contribution in [2.24, 2.45) is 0 Å². The number of hydrogen-bond acceptors (Lipinski definition) is 3. The minimum atomic E-state index is -0.659. The van der Waals surface area contributed by atoms with Crippen molar-refractivity contribution in [2.45, 2.75) is 44.4 Å². The summed E-state index contributed by atoms with van der Waals surface area (Å²) in [5, 5.41) is 13.7. The molecule has 1 aliphatic heterocycles. The lowest BCUT2D eigenvalue weighted by atomic mass is 10.00. The van der Waals surface area contributed by atoms with Crippen molar-refractivity contribution in [2.75, 3.05) is 13.6 Å². The highest BCUT2D eigenvalue weighted by molar-refractivity contribution is 5.82. The second-order valence-electron chi connectivity index (χ2n) is 5.55. The molecule has 1 saturated heterocycles. The van der Waals surface area contributed by atoms with Gasteiger partial charge in [-0.3, -0.25) is 4.79 Å². The van der Waals surface area contributed by atoms with Gasteiger partial charge in [-0.2, -0.15) is 0 Å². The monoisotopic (exact) mass is 276 g/mol. The van der Waals surface area contributed by atoms with Gasteiger partial charge in [0.05, 0.1) is 18.2 Å². The second-order valence-corrected chi connectivity index (χ2v) is 5.55. The van der Waals surface area contributed by atoms with E-state index in [-0.39, 0.29) is 18.0 Å². The minimum absolute atomic E-state index is 0.0761. The zero-order valence-corrected chi connectivity index (χ0v) is 12.2. The molecular weight excluding hydrogens is 252 g/mol. The Bertz CT molecular complexity index is 429. The lowest BCUT2D eigenvalue weighted by Crippen LogP contribution is -2.50. The molecule has 1 aromatic rings. The summed E-state index contributed by atoms with van der Waals surface area (Å²) in [6.07, 6.45) is 2.45. The summed E-state index contributed by atoms with van der Waals surface area (Å²) in [6.45, 7) is 2.79. The number of piperidine rings is 1. The zero-order chi connectivity index (χ0) is 14.5. The fourth-order valence-corrected chi connectivity index (χ4v) is 2.65. The maximum Gasteiger partial charge on any atom is 0.239 e. The number of nitrogens with zero attached hydrogens (tertiary/aromatic N) is 1. The molecule has 4 heteroatoms. The first-order valence-corrected chi connectivity index (χ1v) is 7.34. The molecule has 1 heterocycles. The molecule has 0 aliphatic carbocycles. The van der Waals surface area contributed by atoms with Crippen LogP contribution >= 0.6 is 0 Å². The lowest BCUT2D eigenvalue weighted by molar-refractivity contribution is -0.136. The first-order chi connectivity index (χ1) is 9.61. The van der Waals surface area contributed by atoms with Gasteiger partial charge in [-0.25, -0.2) is 0 Å². The fraction of sp³-hybridized carbons (Fsp3) is 0.562. The minimum Gasteiger partial charge on any atom is -0.386 e. The summed E-state index contributed by atoms with van der Waals surface area (Å²) in [6, 6.07) is 9.15. The quantitative estimate of drug-likeness (QED) is 0.880. The van der Waals surface area contributed by atoms with E-state index in [4.69, 9.17) is 0 Å². The SMILES string of the molecule is C[C@@H]([C@@H](O)c1ccccc1)N(C)C(=O)[C@H]1CCCCN1. The van der Waals surface area contributed by atoms with E-state index < -0.39 is 6.10 Å². The molecule has 1 aromatic carbocycles. The Morgan fingerprint density at radius 3 is 2.65 bits per heavy atom. The number of rotatable bonds is 4. The number of amides is 1. The number of aliphatic hydroxyl groups excluding tert-OH is 1. The van der Waals surface area contributed by atoms with Crippen LogP contribution in [0.3, 0.4) is 0 Å². The maximum atomic E-state index is 12.4. The normalized spacial score (nSPS) is 22.1. The van der Waals surface area contributed by atoms with Crippen molar-refractivity contribution in [1.29, 1.82) is 0 Å². The van der Waals surface area contributed by atoms with E-state index in [2.05, 4.69) is 5.32 Å². The van der Waals surface area contributed by atoms with Crippen molar-refractivity contribution < 1.29 is 9.90 Å². The lowest BCUT2D eigenvalue weighted by Gasteiger charge is -2.33. The van der Waals surface area contributed by atoms with Gasteiger partial charge in [0, 0.05) is 7.05 Å². The molecule has 0 spiro atoms. The molecule has 4 nitrogen and oxygen atoms in total. The largest absolute Gasteiger partial charge is 0.386 e. The maximum absolute atomic E-state index is 12.4. The molecule has 0 aromatic heterocycles. The van der Waals surface area contributed by atoms with E-state index in [9.17, 15) is 9.90 Å². The van der Waals surface area contributed by atoms with Gasteiger partial charge in [-0.05, 0) is 31.9 Å². The molecule has 0 saturated carbocycles. The van der Waals surface area contributed by atoms with Crippen LogP contribution < -0.4 is 5.32 Å². The molecule has 20 heavy (non-hydrogen) atoms. The smallest absolute Gasteiger partial charge is 0.239 e. The third-order valence-electron chi connectivity index (χ3n) is 4.16. The van der Waals surface area contributed by atoms with E-state index in [0.29, 0.717) is 0 Å². The Kier molecular flexibility index (Phi) is 5.15. The summed E-state index contributed by atoms with van der Waals surface area (Å²) in [4.78, 5) is 14.1. The molecule has 1 aliphatic rings. The van der Waals surface area contributed by atoms with Crippen LogP contribution in [0.15, 0.2) is 30.3 Å². The summed E-state index contributed by atoms with van der Waals surface area (Å²) in [5.74, 6) is 0.0761. The van der Waals surface area contributed by atoms with Gasteiger partial charge >= 0.3 is 0 Å². The molecule has 2 N–H and O–H groups in total. The van der Waals surface area contributed by atoms with Crippen LogP contribution in [0.4, 0.5) is 0 Å². The molecule has 0 radical (unpaired) electrons. The van der Waals surface area contributed by atoms with Crippen LogP contribution in [0, 0.1) is 0 Å². The highest BCUT2D eigenvalue weighted by atomic mass is 16.3. The van der Waals surface area contributed by atoms with Crippen molar-refractivity contribution in [3.05, 3.63) is 35.9 Å². The van der Waals surface area contributed by atoms with Gasteiger partial charge in [0.1, 0.15) is 0 Å². The van der Waals surface area contributed by atoms with Crippen LogP contribution in [-0.2, 0) is 4.79 Å². The predicted molar refractivity (Wildman–Crippen MR) is 79.3 cm³/mol. The van der Waals surface area contributed by atoms with Crippen molar-refractivity contribution >= 4 is 5.91 Å². The number of hydrogen-bond donors (Lipinski definition) is 2. The zero-order valence-electron chi connectivity index (χ0n) is 12.2. The Labute approximate surface area is 120 Å². The molecule has 2 rings (SSSR count). The van der Waals surface area contributed by atoms with Crippen LogP contribution in [0.5, 0.6) is 0 Å². The summed E-state index contributed by atoms with van der Waals surface area (Å²) in [7, 11) is 1.77. The van der Waals surface area contributed by atoms with Gasteiger partial charge in [-0.1, -0.05) is 36.8 Å². The highest BCUT2D eigenvalue weighted by Gasteiger charge is 2.29. The molecule has 3 atom stereocenters. The van der Waals surface area contributed by atoms with E-state index in [1.165, 1.54) is 0 Å². The first-order valence-electron chi connectivity index (χ1n) is 7.34. The molecule has 0 bridgehead atoms. The fourth-order valence-electron chi connectivity index (χ4n) is 2.65. The summed E-state index contributed by atoms with van der Waals surface area (Å²) >= 11 is 0. The van der Waals surface area contributed by atoms with E-state index >= 15 is 0 Å². The van der Waals surface area contributed by atoms with Crippen molar-refractivity contribution in [1.82, 2.24) is 10.2 Å². The Balaban J connectivity index is 2.00. The number of nitrogens with one attached hydrogen (secondary N) is 1. The molecule has 110 valence electrons. The number of likely N-dealkylation sites (N-methyl/N-ethyl adjacent to an activating group) is 1.